The maximum atomic E-state index is 5.80. The summed E-state index contributed by atoms with van der Waals surface area (Å²) in [5.74, 6) is 2.20. The molecule has 1 aromatic rings. The number of aromatic nitrogens is 1. The summed E-state index contributed by atoms with van der Waals surface area (Å²) in [4.78, 5) is 6.93. The van der Waals surface area contributed by atoms with Gasteiger partial charge in [-0.2, -0.15) is 0 Å². The molecule has 0 unspecified atom stereocenters. The lowest BCUT2D eigenvalue weighted by molar-refractivity contribution is 0.0512. The van der Waals surface area contributed by atoms with Crippen LogP contribution in [-0.4, -0.2) is 54.9 Å². The number of ether oxygens (including phenoxy) is 2. The van der Waals surface area contributed by atoms with Gasteiger partial charge in [0.25, 0.3) is 0 Å². The third kappa shape index (κ3) is 5.18. The van der Waals surface area contributed by atoms with Gasteiger partial charge in [0.05, 0.1) is 12.7 Å². The second-order valence-corrected chi connectivity index (χ2v) is 8.40. The molecule has 3 heterocycles. The Balaban J connectivity index is 1.21. The fourth-order valence-corrected chi connectivity index (χ4v) is 4.15. The van der Waals surface area contributed by atoms with Crippen LogP contribution in [0.25, 0.3) is 0 Å². The van der Waals surface area contributed by atoms with Gasteiger partial charge in [-0.3, -0.25) is 0 Å². The summed E-state index contributed by atoms with van der Waals surface area (Å²) in [5.41, 5.74) is 1.26. The molecular formula is C21H33N3O2. The number of piperidine rings is 1. The summed E-state index contributed by atoms with van der Waals surface area (Å²) < 4.78 is 11.6. The maximum absolute atomic E-state index is 5.80. The van der Waals surface area contributed by atoms with Gasteiger partial charge in [-0.15, -0.1) is 0 Å². The van der Waals surface area contributed by atoms with Gasteiger partial charge in [0.2, 0.25) is 5.88 Å². The van der Waals surface area contributed by atoms with E-state index < -0.39 is 0 Å². The Bertz CT molecular complexity index is 572. The number of rotatable bonds is 8. The SMILES string of the molecule is C[C@@H]1CN(C[C@H]2CCCO2)CC[C@H]1NCc1ccnc(OCC2CC2)c1. The zero-order chi connectivity index (χ0) is 17.8. The molecule has 0 bridgehead atoms. The van der Waals surface area contributed by atoms with Crippen molar-refractivity contribution in [3.8, 4) is 5.88 Å². The molecule has 3 fully saturated rings. The predicted molar refractivity (Wildman–Crippen MR) is 102 cm³/mol. The van der Waals surface area contributed by atoms with E-state index in [2.05, 4.69) is 34.3 Å². The lowest BCUT2D eigenvalue weighted by atomic mass is 9.93. The second-order valence-electron chi connectivity index (χ2n) is 8.40. The quantitative estimate of drug-likeness (QED) is 0.773. The van der Waals surface area contributed by atoms with E-state index in [0.29, 0.717) is 18.1 Å². The van der Waals surface area contributed by atoms with Gasteiger partial charge in [0.15, 0.2) is 0 Å². The highest BCUT2D eigenvalue weighted by Crippen LogP contribution is 2.29. The smallest absolute Gasteiger partial charge is 0.213 e. The largest absolute Gasteiger partial charge is 0.477 e. The van der Waals surface area contributed by atoms with Crippen LogP contribution in [0.3, 0.4) is 0 Å². The van der Waals surface area contributed by atoms with Crippen LogP contribution in [0.4, 0.5) is 0 Å². The molecule has 3 aliphatic rings. The van der Waals surface area contributed by atoms with Crippen LogP contribution in [0.1, 0.15) is 44.6 Å². The zero-order valence-electron chi connectivity index (χ0n) is 16.0. The van der Waals surface area contributed by atoms with E-state index in [9.17, 15) is 0 Å². The third-order valence-corrected chi connectivity index (χ3v) is 6.01. The lowest BCUT2D eigenvalue weighted by Crippen LogP contribution is -2.49. The summed E-state index contributed by atoms with van der Waals surface area (Å²) in [5, 5.41) is 3.77. The maximum Gasteiger partial charge on any atom is 0.213 e. The van der Waals surface area contributed by atoms with E-state index in [4.69, 9.17) is 9.47 Å². The molecule has 4 rings (SSSR count). The zero-order valence-corrected chi connectivity index (χ0v) is 16.0. The molecule has 0 amide bonds. The summed E-state index contributed by atoms with van der Waals surface area (Å²) in [6.45, 7) is 8.50. The Labute approximate surface area is 157 Å². The molecule has 5 nitrogen and oxygen atoms in total. The van der Waals surface area contributed by atoms with Crippen LogP contribution in [0.2, 0.25) is 0 Å². The first-order valence-electron chi connectivity index (χ1n) is 10.4. The van der Waals surface area contributed by atoms with Gasteiger partial charge in [-0.25, -0.2) is 4.98 Å². The van der Waals surface area contributed by atoms with E-state index in [1.807, 2.05) is 6.20 Å². The first-order valence-corrected chi connectivity index (χ1v) is 10.4. The first kappa shape index (κ1) is 18.2. The van der Waals surface area contributed by atoms with Gasteiger partial charge < -0.3 is 19.7 Å². The van der Waals surface area contributed by atoms with Crippen molar-refractivity contribution in [2.75, 3.05) is 32.8 Å². The molecule has 1 aliphatic carbocycles. The molecule has 26 heavy (non-hydrogen) atoms. The van der Waals surface area contributed by atoms with E-state index in [-0.39, 0.29) is 0 Å². The van der Waals surface area contributed by atoms with Crippen LogP contribution < -0.4 is 10.1 Å². The lowest BCUT2D eigenvalue weighted by Gasteiger charge is -2.38. The molecule has 144 valence electrons. The summed E-state index contributed by atoms with van der Waals surface area (Å²) in [7, 11) is 0. The van der Waals surface area contributed by atoms with E-state index in [1.165, 1.54) is 50.8 Å². The minimum absolute atomic E-state index is 0.470. The number of nitrogens with zero attached hydrogens (tertiary/aromatic N) is 2. The van der Waals surface area contributed by atoms with Crippen molar-refractivity contribution in [3.05, 3.63) is 23.9 Å². The standard InChI is InChI=1S/C21H33N3O2/c1-16-13-24(14-19-3-2-10-25-19)9-7-20(16)23-12-18-6-8-22-21(11-18)26-15-17-4-5-17/h6,8,11,16-17,19-20,23H,2-5,7,9-10,12-15H2,1H3/t16-,19-,20-/m1/s1. The van der Waals surface area contributed by atoms with E-state index >= 15 is 0 Å². The molecule has 1 N–H and O–H groups in total. The van der Waals surface area contributed by atoms with Crippen LogP contribution in [-0.2, 0) is 11.3 Å². The van der Waals surface area contributed by atoms with Crippen LogP contribution >= 0.6 is 0 Å². The number of pyridine rings is 1. The van der Waals surface area contributed by atoms with Gasteiger partial charge in [0.1, 0.15) is 0 Å². The summed E-state index contributed by atoms with van der Waals surface area (Å²) >= 11 is 0. The van der Waals surface area contributed by atoms with Crippen LogP contribution in [0.15, 0.2) is 18.3 Å². The molecule has 3 atom stereocenters. The molecule has 2 aliphatic heterocycles. The van der Waals surface area contributed by atoms with E-state index in [1.54, 1.807) is 0 Å². The first-order chi connectivity index (χ1) is 12.8. The fourth-order valence-electron chi connectivity index (χ4n) is 4.15. The predicted octanol–water partition coefficient (Wildman–Crippen LogP) is 2.85. The molecule has 0 aromatic carbocycles. The highest BCUT2D eigenvalue weighted by molar-refractivity contribution is 5.20. The number of hydrogen-bond acceptors (Lipinski definition) is 5. The Kier molecular flexibility index (Phi) is 6.08. The second kappa shape index (κ2) is 8.68. The van der Waals surface area contributed by atoms with Crippen LogP contribution in [0.5, 0.6) is 5.88 Å². The van der Waals surface area contributed by atoms with E-state index in [0.717, 1.165) is 38.1 Å². The molecule has 0 spiro atoms. The minimum atomic E-state index is 0.470. The highest BCUT2D eigenvalue weighted by Gasteiger charge is 2.28. The van der Waals surface area contributed by atoms with Crippen molar-refractivity contribution in [2.24, 2.45) is 11.8 Å². The van der Waals surface area contributed by atoms with Gasteiger partial charge in [-0.05, 0) is 62.1 Å². The number of hydrogen-bond donors (Lipinski definition) is 1. The average molecular weight is 360 g/mol. The molecular weight excluding hydrogens is 326 g/mol. The Morgan fingerprint density at radius 3 is 3.00 bits per heavy atom. The van der Waals surface area contributed by atoms with Crippen molar-refractivity contribution < 1.29 is 9.47 Å². The molecule has 1 saturated carbocycles. The Morgan fingerprint density at radius 1 is 1.31 bits per heavy atom. The third-order valence-electron chi connectivity index (χ3n) is 6.01. The highest BCUT2D eigenvalue weighted by atomic mass is 16.5. The monoisotopic (exact) mass is 359 g/mol. The van der Waals surface area contributed by atoms with Crippen molar-refractivity contribution in [1.29, 1.82) is 0 Å². The topological polar surface area (TPSA) is 46.6 Å². The average Bonchev–Trinajstić information content (AvgIpc) is 3.35. The Hall–Kier alpha value is -1.17. The van der Waals surface area contributed by atoms with Crippen molar-refractivity contribution in [3.63, 3.8) is 0 Å². The molecule has 2 saturated heterocycles. The summed E-state index contributed by atoms with van der Waals surface area (Å²) in [6.07, 6.45) is 8.64. The van der Waals surface area contributed by atoms with Crippen molar-refractivity contribution in [1.82, 2.24) is 15.2 Å². The number of likely N-dealkylation sites (tertiary alicyclic amines) is 1. The normalized spacial score (nSPS) is 29.8. The number of nitrogens with one attached hydrogen (secondary N) is 1. The van der Waals surface area contributed by atoms with Gasteiger partial charge in [-0.1, -0.05) is 6.92 Å². The van der Waals surface area contributed by atoms with Gasteiger partial charge >= 0.3 is 0 Å². The molecule has 5 heteroatoms. The molecule has 1 aromatic heterocycles. The van der Waals surface area contributed by atoms with Gasteiger partial charge in [0, 0.05) is 44.5 Å². The fraction of sp³-hybridized carbons (Fsp3) is 0.762. The van der Waals surface area contributed by atoms with Crippen molar-refractivity contribution >= 4 is 0 Å². The summed E-state index contributed by atoms with van der Waals surface area (Å²) in [6, 6.07) is 4.76. The van der Waals surface area contributed by atoms with Crippen molar-refractivity contribution in [2.45, 2.75) is 57.7 Å². The minimum Gasteiger partial charge on any atom is -0.477 e. The van der Waals surface area contributed by atoms with Crippen LogP contribution in [0, 0.1) is 11.8 Å². The Morgan fingerprint density at radius 2 is 2.23 bits per heavy atom. The molecule has 0 radical (unpaired) electrons.